The molecule has 1 aromatic heterocycles. The molecular formula is C10H16BN3O2. The summed E-state index contributed by atoms with van der Waals surface area (Å²) in [5.41, 5.74) is -0.976. The van der Waals surface area contributed by atoms with Gasteiger partial charge in [-0.3, -0.25) is 0 Å². The van der Waals surface area contributed by atoms with Crippen LogP contribution in [0.15, 0.2) is 18.3 Å². The Bertz CT molecular complexity index is 831. The molecule has 1 aliphatic heterocycles. The molecule has 0 aromatic carbocycles. The van der Waals surface area contributed by atoms with E-state index in [0.29, 0.717) is 0 Å². The average molecular weight is 235 g/mol. The number of anilines is 1. The molecule has 0 unspecified atom stereocenters. The molecule has 1 fully saturated rings. The zero-order chi connectivity index (χ0) is 23.8. The summed E-state index contributed by atoms with van der Waals surface area (Å²) < 4.78 is 110. The predicted octanol–water partition coefficient (Wildman–Crippen LogP) is -1.49. The summed E-state index contributed by atoms with van der Waals surface area (Å²) in [6.07, 6.45) is -1.06. The first-order chi connectivity index (χ1) is 13.1. The van der Waals surface area contributed by atoms with E-state index < -0.39 is 74.5 Å². The van der Waals surface area contributed by atoms with Crippen molar-refractivity contribution < 1.29 is 29.2 Å². The molecule has 5 nitrogen and oxygen atoms in total. The van der Waals surface area contributed by atoms with E-state index in [9.17, 15) is 10.0 Å². The van der Waals surface area contributed by atoms with Crippen LogP contribution in [-0.2, 0) is 0 Å². The first-order valence-corrected chi connectivity index (χ1v) is 4.09. The van der Waals surface area contributed by atoms with Gasteiger partial charge >= 0.3 is 7.12 Å². The highest BCUT2D eigenvalue weighted by Gasteiger charge is 2.17. The number of hydrogen-bond donors (Lipinski definition) is 2. The summed E-state index contributed by atoms with van der Waals surface area (Å²) in [6, 6.07) is -2.13. The van der Waals surface area contributed by atoms with E-state index in [2.05, 4.69) is 4.98 Å². The van der Waals surface area contributed by atoms with Crippen LogP contribution >= 0.6 is 0 Å². The second-order valence-corrected chi connectivity index (χ2v) is 2.70. The number of piperazine rings is 1. The van der Waals surface area contributed by atoms with Crippen LogP contribution in [0.4, 0.5) is 5.82 Å². The van der Waals surface area contributed by atoms with Gasteiger partial charge in [0.1, 0.15) is 5.82 Å². The number of hydrogen-bond acceptors (Lipinski definition) is 5. The maximum Gasteiger partial charge on any atom is 0.488 e. The van der Waals surface area contributed by atoms with Gasteiger partial charge in [-0.15, -0.1) is 0 Å². The Morgan fingerprint density at radius 2 is 2.25 bits per heavy atom. The lowest BCUT2D eigenvalue weighted by molar-refractivity contribution is 0.312. The monoisotopic (exact) mass is 235 g/mol. The van der Waals surface area contributed by atoms with Crippen molar-refractivity contribution in [3.63, 3.8) is 0 Å². The van der Waals surface area contributed by atoms with Crippen molar-refractivity contribution in [2.75, 3.05) is 37.9 Å². The number of rotatable bonds is 2. The third-order valence-corrected chi connectivity index (χ3v) is 1.62. The third-order valence-electron chi connectivity index (χ3n) is 1.62. The number of likely N-dealkylation sites (N-methyl/N-ethyl adjacent to an activating group) is 1. The van der Waals surface area contributed by atoms with E-state index in [4.69, 9.17) is 19.2 Å². The van der Waals surface area contributed by atoms with Crippen molar-refractivity contribution >= 4 is 18.4 Å². The normalized spacial score (nSPS) is 43.8. The summed E-state index contributed by atoms with van der Waals surface area (Å²) in [5.74, 6) is -1.22. The summed E-state index contributed by atoms with van der Waals surface area (Å²) in [6.45, 7) is -18.5. The van der Waals surface area contributed by atoms with Gasteiger partial charge in [0, 0.05) is 41.8 Å². The van der Waals surface area contributed by atoms with E-state index in [1.807, 2.05) is 0 Å². The summed E-state index contributed by atoms with van der Waals surface area (Å²) >= 11 is 0. The Hall–Kier alpha value is -1.11. The molecule has 1 aliphatic rings. The number of aromatic nitrogens is 1. The average Bonchev–Trinajstić information content (AvgIpc) is 2.48. The van der Waals surface area contributed by atoms with Gasteiger partial charge < -0.3 is 19.8 Å². The van der Waals surface area contributed by atoms with Gasteiger partial charge in [-0.05, 0) is 24.5 Å². The molecule has 1 saturated heterocycles. The van der Waals surface area contributed by atoms with E-state index >= 15 is 0 Å². The lowest BCUT2D eigenvalue weighted by Crippen LogP contribution is -2.45. The van der Waals surface area contributed by atoms with Crippen molar-refractivity contribution in [3.8, 4) is 0 Å². The van der Waals surface area contributed by atoms with Crippen molar-refractivity contribution in [1.29, 1.82) is 0 Å². The SMILES string of the molecule is [2H]c1nc(N2C([2H])([2H])C([2H])([2H])N(C([2H])([2H])[2H])C([2H])([2H])C2([2H])[2H])c([2H])c(B(O)O)c1[2H]. The third kappa shape index (κ3) is 2.52. The van der Waals surface area contributed by atoms with Crippen molar-refractivity contribution in [1.82, 2.24) is 9.88 Å². The highest BCUT2D eigenvalue weighted by molar-refractivity contribution is 6.58. The molecule has 2 N–H and O–H groups in total. The summed E-state index contributed by atoms with van der Waals surface area (Å²) in [4.78, 5) is 2.51. The van der Waals surface area contributed by atoms with Crippen LogP contribution in [0.25, 0.3) is 0 Å². The minimum atomic E-state index is -3.73. The van der Waals surface area contributed by atoms with Crippen LogP contribution in [0.1, 0.15) is 19.2 Å². The summed E-state index contributed by atoms with van der Waals surface area (Å²) in [5, 5.41) is 18.8. The largest absolute Gasteiger partial charge is 0.488 e. The van der Waals surface area contributed by atoms with E-state index in [-0.39, 0.29) is 4.90 Å². The van der Waals surface area contributed by atoms with Gasteiger partial charge in [0.2, 0.25) is 0 Å². The van der Waals surface area contributed by atoms with Crippen LogP contribution in [0.3, 0.4) is 0 Å². The van der Waals surface area contributed by atoms with Crippen LogP contribution < -0.4 is 10.4 Å². The van der Waals surface area contributed by atoms with E-state index in [1.165, 1.54) is 0 Å². The first kappa shape index (κ1) is 3.22. The van der Waals surface area contributed by atoms with E-state index in [1.54, 1.807) is 0 Å². The Labute approximate surface area is 115 Å². The van der Waals surface area contributed by atoms with Gasteiger partial charge in [0.15, 0.2) is 0 Å². The molecule has 0 saturated carbocycles. The Balaban J connectivity index is 2.95. The molecule has 0 amide bonds. The standard InChI is InChI=1S/C10H16BN3O2/c1-13-4-6-14(7-5-13)10-8-9(11(15)16)2-3-12-10/h2-3,8,15-16H,4-7H2,1H3/i1D3,2D,3D,4D2,5D2,6D2,7D2,8D. The molecule has 1 aromatic rings. The predicted molar refractivity (Wildman–Crippen MR) is 63.8 cm³/mol. The Morgan fingerprint density at radius 1 is 1.50 bits per heavy atom. The molecular weight excluding hydrogens is 205 g/mol. The topological polar surface area (TPSA) is 59.8 Å². The van der Waals surface area contributed by atoms with Crippen LogP contribution in [0, 0.1) is 0 Å². The van der Waals surface area contributed by atoms with Gasteiger partial charge in [0.05, 0.1) is 9.60 Å². The van der Waals surface area contributed by atoms with Gasteiger partial charge in [-0.25, -0.2) is 4.98 Å². The fourth-order valence-electron chi connectivity index (χ4n) is 0.918. The second kappa shape index (κ2) is 4.82. The summed E-state index contributed by atoms with van der Waals surface area (Å²) in [7, 11) is -2.54. The molecule has 16 heavy (non-hydrogen) atoms. The van der Waals surface area contributed by atoms with Crippen molar-refractivity contribution in [2.24, 2.45) is 0 Å². The molecule has 2 heterocycles. The van der Waals surface area contributed by atoms with Crippen LogP contribution in [-0.4, -0.2) is 60.0 Å². The zero-order valence-corrected chi connectivity index (χ0v) is 7.81. The van der Waals surface area contributed by atoms with Crippen LogP contribution in [0.5, 0.6) is 0 Å². The lowest BCUT2D eigenvalue weighted by Gasteiger charge is -2.33. The number of pyridine rings is 1. The zero-order valence-electron chi connectivity index (χ0n) is 21.8. The minimum absolute atomic E-state index is 0.284. The van der Waals surface area contributed by atoms with Gasteiger partial charge in [-0.2, -0.15) is 0 Å². The maximum absolute atomic E-state index is 9.41. The fourth-order valence-corrected chi connectivity index (χ4v) is 0.918. The first-order valence-electron chi connectivity index (χ1n) is 11.1. The Kier molecular flexibility index (Phi) is 0.969. The molecule has 2 rings (SSSR count). The highest BCUT2D eigenvalue weighted by Crippen LogP contribution is 2.10. The molecule has 86 valence electrons. The molecule has 0 atom stereocenters. The molecule has 6 heteroatoms. The van der Waals surface area contributed by atoms with Crippen molar-refractivity contribution in [2.45, 2.75) is 0 Å². The molecule has 0 radical (unpaired) electrons. The number of nitrogens with zero attached hydrogens (tertiary/aromatic N) is 3. The van der Waals surface area contributed by atoms with Crippen LogP contribution in [0.2, 0.25) is 0 Å². The maximum atomic E-state index is 9.41. The highest BCUT2D eigenvalue weighted by atomic mass is 16.4. The van der Waals surface area contributed by atoms with E-state index in [0.717, 1.165) is 0 Å². The molecule has 0 spiro atoms. The Morgan fingerprint density at radius 3 is 2.88 bits per heavy atom. The minimum Gasteiger partial charge on any atom is -0.423 e. The van der Waals surface area contributed by atoms with Crippen molar-refractivity contribution in [3.05, 3.63) is 18.3 Å². The fraction of sp³-hybridized carbons (Fsp3) is 0.500. The smallest absolute Gasteiger partial charge is 0.423 e. The second-order valence-electron chi connectivity index (χ2n) is 2.70. The lowest BCUT2D eigenvalue weighted by atomic mass is 9.81. The van der Waals surface area contributed by atoms with Gasteiger partial charge in [-0.1, -0.05) is 0 Å². The quantitative estimate of drug-likeness (QED) is 0.612. The molecule has 0 aliphatic carbocycles. The molecule has 0 bridgehead atoms. The van der Waals surface area contributed by atoms with Gasteiger partial charge in [0.25, 0.3) is 0 Å².